The van der Waals surface area contributed by atoms with Gasteiger partial charge in [-0.15, -0.1) is 0 Å². The fraction of sp³-hybridized carbons (Fsp3) is 0.562. The number of hydrogen-bond acceptors (Lipinski definition) is 4. The van der Waals surface area contributed by atoms with E-state index in [0.29, 0.717) is 25.3 Å². The van der Waals surface area contributed by atoms with Crippen molar-refractivity contribution >= 4 is 16.0 Å². The molecule has 0 spiro atoms. The van der Waals surface area contributed by atoms with Crippen LogP contribution in [0.5, 0.6) is 5.75 Å². The zero-order valence-electron chi connectivity index (χ0n) is 13.4. The van der Waals surface area contributed by atoms with Gasteiger partial charge in [0.25, 0.3) is 0 Å². The summed E-state index contributed by atoms with van der Waals surface area (Å²) < 4.78 is 32.0. The molecule has 2 atom stereocenters. The second-order valence-corrected chi connectivity index (χ2v) is 7.79. The highest BCUT2D eigenvalue weighted by molar-refractivity contribution is 7.89. The number of benzene rings is 1. The summed E-state index contributed by atoms with van der Waals surface area (Å²) in [5, 5.41) is 8.99. The van der Waals surface area contributed by atoms with Crippen molar-refractivity contribution < 1.29 is 23.1 Å². The summed E-state index contributed by atoms with van der Waals surface area (Å²) in [5.41, 5.74) is 0. The minimum Gasteiger partial charge on any atom is -0.497 e. The zero-order valence-corrected chi connectivity index (χ0v) is 14.3. The lowest BCUT2D eigenvalue weighted by Crippen LogP contribution is -2.44. The minimum atomic E-state index is -3.55. The number of sulfonamides is 1. The Balaban J connectivity index is 2.15. The molecule has 1 fully saturated rings. The van der Waals surface area contributed by atoms with Gasteiger partial charge in [0.05, 0.1) is 12.0 Å². The Morgan fingerprint density at radius 3 is 2.48 bits per heavy atom. The molecule has 0 saturated carbocycles. The third-order valence-electron chi connectivity index (χ3n) is 4.51. The number of carbonyl (C=O) groups is 1. The predicted octanol–water partition coefficient (Wildman–Crippen LogP) is 2.21. The van der Waals surface area contributed by atoms with Crippen molar-refractivity contribution in [2.24, 2.45) is 11.8 Å². The monoisotopic (exact) mass is 341 g/mol. The molecular weight excluding hydrogens is 318 g/mol. The van der Waals surface area contributed by atoms with Gasteiger partial charge in [0.2, 0.25) is 10.0 Å². The maximum Gasteiger partial charge on any atom is 0.303 e. The smallest absolute Gasteiger partial charge is 0.303 e. The third-order valence-corrected chi connectivity index (χ3v) is 6.39. The maximum atomic E-state index is 12.7. The van der Waals surface area contributed by atoms with Crippen molar-refractivity contribution in [1.82, 2.24) is 4.31 Å². The van der Waals surface area contributed by atoms with Gasteiger partial charge >= 0.3 is 5.97 Å². The summed E-state index contributed by atoms with van der Waals surface area (Å²) in [4.78, 5) is 11.2. The number of rotatable bonds is 6. The molecule has 1 saturated heterocycles. The molecule has 0 aliphatic carbocycles. The van der Waals surface area contributed by atoms with Gasteiger partial charge in [-0.1, -0.05) is 13.3 Å². The molecule has 7 heteroatoms. The van der Waals surface area contributed by atoms with Gasteiger partial charge < -0.3 is 9.84 Å². The van der Waals surface area contributed by atoms with E-state index in [4.69, 9.17) is 9.84 Å². The number of nitrogens with zero attached hydrogens (tertiary/aromatic N) is 1. The molecule has 1 aliphatic rings. The van der Waals surface area contributed by atoms with Crippen LogP contribution in [0.25, 0.3) is 0 Å². The molecular formula is C16H23NO5S. The van der Waals surface area contributed by atoms with E-state index in [-0.39, 0.29) is 23.2 Å². The molecule has 0 radical (unpaired) electrons. The van der Waals surface area contributed by atoms with Crippen LogP contribution in [0.15, 0.2) is 29.2 Å². The van der Waals surface area contributed by atoms with Crippen molar-refractivity contribution in [1.29, 1.82) is 0 Å². The summed E-state index contributed by atoms with van der Waals surface area (Å²) in [6.07, 6.45) is 1.46. The first-order valence-electron chi connectivity index (χ1n) is 7.74. The molecule has 1 heterocycles. The van der Waals surface area contributed by atoms with E-state index in [0.717, 1.165) is 6.42 Å². The van der Waals surface area contributed by atoms with E-state index in [2.05, 4.69) is 0 Å². The second kappa shape index (κ2) is 7.31. The Morgan fingerprint density at radius 2 is 1.96 bits per heavy atom. The molecule has 1 aliphatic heterocycles. The predicted molar refractivity (Wildman–Crippen MR) is 85.9 cm³/mol. The van der Waals surface area contributed by atoms with Crippen LogP contribution in [0.1, 0.15) is 26.2 Å². The van der Waals surface area contributed by atoms with E-state index in [9.17, 15) is 13.2 Å². The average Bonchev–Trinajstić information content (AvgIpc) is 2.54. The van der Waals surface area contributed by atoms with Crippen LogP contribution in [0, 0.1) is 11.8 Å². The zero-order chi connectivity index (χ0) is 17.0. The third kappa shape index (κ3) is 4.03. The first-order chi connectivity index (χ1) is 10.9. The molecule has 1 N–H and O–H groups in total. The number of ether oxygens (including phenoxy) is 1. The Kier molecular flexibility index (Phi) is 5.64. The normalized spacial score (nSPS) is 22.7. The lowest BCUT2D eigenvalue weighted by Gasteiger charge is -2.37. The standard InChI is InChI=1S/C16H23NO5S/c1-3-12-11-17(9-8-13(12)10-16(18)19)23(20,21)15-6-4-14(22-2)5-7-15/h4-7,12-13H,3,8-11H2,1-2H3,(H,18,19)/t12-,13-/m0/s1. The van der Waals surface area contributed by atoms with Crippen molar-refractivity contribution in [2.45, 2.75) is 31.1 Å². The molecule has 23 heavy (non-hydrogen) atoms. The van der Waals surface area contributed by atoms with E-state index < -0.39 is 16.0 Å². The van der Waals surface area contributed by atoms with Gasteiger partial charge in [-0.3, -0.25) is 4.79 Å². The highest BCUT2D eigenvalue weighted by Crippen LogP contribution is 2.32. The number of carboxylic acids is 1. The summed E-state index contributed by atoms with van der Waals surface area (Å²) in [7, 11) is -2.02. The van der Waals surface area contributed by atoms with Crippen LogP contribution in [0.4, 0.5) is 0 Å². The van der Waals surface area contributed by atoms with Crippen LogP contribution >= 0.6 is 0 Å². The van der Waals surface area contributed by atoms with E-state index in [1.165, 1.54) is 11.4 Å². The number of carboxylic acid groups (broad SMARTS) is 1. The Morgan fingerprint density at radius 1 is 1.30 bits per heavy atom. The van der Waals surface area contributed by atoms with Gasteiger partial charge in [-0.05, 0) is 42.5 Å². The summed E-state index contributed by atoms with van der Waals surface area (Å²) in [6.45, 7) is 2.72. The van der Waals surface area contributed by atoms with E-state index in [1.807, 2.05) is 6.92 Å². The fourth-order valence-corrected chi connectivity index (χ4v) is 4.63. The Bertz CT molecular complexity index is 641. The molecule has 1 aromatic rings. The highest BCUT2D eigenvalue weighted by Gasteiger charge is 2.35. The molecule has 0 aromatic heterocycles. The maximum absolute atomic E-state index is 12.7. The number of aliphatic carboxylic acids is 1. The van der Waals surface area contributed by atoms with Gasteiger partial charge in [-0.25, -0.2) is 8.42 Å². The largest absolute Gasteiger partial charge is 0.497 e. The van der Waals surface area contributed by atoms with Crippen molar-refractivity contribution in [3.05, 3.63) is 24.3 Å². The SMILES string of the molecule is CC[C@H]1CN(S(=O)(=O)c2ccc(OC)cc2)CC[C@H]1CC(=O)O. The molecule has 2 rings (SSSR count). The molecule has 1 aromatic carbocycles. The van der Waals surface area contributed by atoms with Crippen molar-refractivity contribution in [3.63, 3.8) is 0 Å². The fourth-order valence-electron chi connectivity index (χ4n) is 3.12. The van der Waals surface area contributed by atoms with Crippen LogP contribution in [-0.4, -0.2) is 44.0 Å². The minimum absolute atomic E-state index is 0.0415. The lowest BCUT2D eigenvalue weighted by molar-refractivity contribution is -0.138. The van der Waals surface area contributed by atoms with Gasteiger partial charge in [-0.2, -0.15) is 4.31 Å². The molecule has 0 unspecified atom stereocenters. The van der Waals surface area contributed by atoms with Crippen LogP contribution in [-0.2, 0) is 14.8 Å². The first kappa shape index (κ1) is 17.7. The average molecular weight is 341 g/mol. The second-order valence-electron chi connectivity index (χ2n) is 5.85. The van der Waals surface area contributed by atoms with Crippen LogP contribution < -0.4 is 4.74 Å². The van der Waals surface area contributed by atoms with Crippen LogP contribution in [0.2, 0.25) is 0 Å². The van der Waals surface area contributed by atoms with Gasteiger partial charge in [0, 0.05) is 19.5 Å². The quantitative estimate of drug-likeness (QED) is 0.857. The van der Waals surface area contributed by atoms with Crippen molar-refractivity contribution in [3.8, 4) is 5.75 Å². The molecule has 0 bridgehead atoms. The van der Waals surface area contributed by atoms with Gasteiger partial charge in [0.1, 0.15) is 5.75 Å². The lowest BCUT2D eigenvalue weighted by atomic mass is 9.82. The van der Waals surface area contributed by atoms with E-state index in [1.54, 1.807) is 24.3 Å². The summed E-state index contributed by atoms with van der Waals surface area (Å²) in [5.74, 6) is -0.0943. The number of piperidine rings is 1. The van der Waals surface area contributed by atoms with Crippen molar-refractivity contribution in [2.75, 3.05) is 20.2 Å². The van der Waals surface area contributed by atoms with Gasteiger partial charge in [0.15, 0.2) is 0 Å². The topological polar surface area (TPSA) is 83.9 Å². The number of hydrogen-bond donors (Lipinski definition) is 1. The van der Waals surface area contributed by atoms with Crippen LogP contribution in [0.3, 0.4) is 0 Å². The summed E-state index contributed by atoms with van der Waals surface area (Å²) >= 11 is 0. The molecule has 6 nitrogen and oxygen atoms in total. The first-order valence-corrected chi connectivity index (χ1v) is 9.18. The molecule has 128 valence electrons. The Labute approximate surface area is 137 Å². The summed E-state index contributed by atoms with van der Waals surface area (Å²) in [6, 6.07) is 6.33. The van der Waals surface area contributed by atoms with E-state index >= 15 is 0 Å². The Hall–Kier alpha value is -1.60. The number of methoxy groups -OCH3 is 1. The molecule has 0 amide bonds. The highest BCUT2D eigenvalue weighted by atomic mass is 32.2.